The number of rotatable bonds is 7. The van der Waals surface area contributed by atoms with E-state index in [1.54, 1.807) is 19.1 Å². The molecule has 2 atom stereocenters. The van der Waals surface area contributed by atoms with Crippen LogP contribution in [-0.4, -0.2) is 39.8 Å². The minimum atomic E-state index is -3.68. The fraction of sp³-hybridized carbons (Fsp3) is 0.435. The Balaban J connectivity index is 1.86. The van der Waals surface area contributed by atoms with E-state index < -0.39 is 16.1 Å². The molecule has 168 valence electrons. The number of nitrogens with zero attached hydrogens (tertiary/aromatic N) is 1. The molecule has 0 aromatic heterocycles. The molecule has 0 unspecified atom stereocenters. The van der Waals surface area contributed by atoms with E-state index in [0.717, 1.165) is 22.9 Å². The van der Waals surface area contributed by atoms with Crippen molar-refractivity contribution in [1.29, 1.82) is 0 Å². The van der Waals surface area contributed by atoms with Crippen LogP contribution in [0.25, 0.3) is 0 Å². The molecule has 0 fully saturated rings. The fourth-order valence-corrected chi connectivity index (χ4v) is 5.06. The minimum Gasteiger partial charge on any atom is -0.486 e. The molecule has 1 heterocycles. The molecule has 7 nitrogen and oxygen atoms in total. The minimum absolute atomic E-state index is 0.333. The second-order valence-electron chi connectivity index (χ2n) is 7.96. The third kappa shape index (κ3) is 5.31. The van der Waals surface area contributed by atoms with E-state index in [1.165, 1.54) is 4.31 Å². The van der Waals surface area contributed by atoms with Gasteiger partial charge in [-0.15, -0.1) is 0 Å². The van der Waals surface area contributed by atoms with Crippen molar-refractivity contribution in [2.75, 3.05) is 23.8 Å². The molecule has 8 heteroatoms. The summed E-state index contributed by atoms with van der Waals surface area (Å²) in [6.07, 6.45) is 1.46. The van der Waals surface area contributed by atoms with Crippen molar-refractivity contribution in [2.45, 2.75) is 46.2 Å². The lowest BCUT2D eigenvalue weighted by atomic mass is 10.1. The number of carbonyl (C=O) groups excluding carboxylic acids is 1. The van der Waals surface area contributed by atoms with E-state index in [0.29, 0.717) is 36.8 Å². The van der Waals surface area contributed by atoms with Gasteiger partial charge < -0.3 is 14.8 Å². The summed E-state index contributed by atoms with van der Waals surface area (Å²) in [5.74, 6) is 0.970. The monoisotopic (exact) mass is 446 g/mol. The molecule has 0 aliphatic carbocycles. The van der Waals surface area contributed by atoms with E-state index in [2.05, 4.69) is 5.32 Å². The number of sulfonamides is 1. The van der Waals surface area contributed by atoms with Crippen molar-refractivity contribution in [3.8, 4) is 11.5 Å². The lowest BCUT2D eigenvalue weighted by Crippen LogP contribution is -2.49. The van der Waals surface area contributed by atoms with E-state index in [1.807, 2.05) is 45.0 Å². The topological polar surface area (TPSA) is 84.9 Å². The molecule has 2 aromatic rings. The highest BCUT2D eigenvalue weighted by Gasteiger charge is 2.32. The number of anilines is 1. The van der Waals surface area contributed by atoms with Crippen LogP contribution < -0.4 is 19.1 Å². The molecule has 1 aliphatic rings. The molecular weight excluding hydrogens is 416 g/mol. The summed E-state index contributed by atoms with van der Waals surface area (Å²) in [6, 6.07) is 9.88. The molecule has 31 heavy (non-hydrogen) atoms. The van der Waals surface area contributed by atoms with Gasteiger partial charge in [-0.3, -0.25) is 9.10 Å². The highest BCUT2D eigenvalue weighted by molar-refractivity contribution is 7.92. The highest BCUT2D eigenvalue weighted by Crippen LogP contribution is 2.33. The molecule has 2 aromatic carbocycles. The van der Waals surface area contributed by atoms with Gasteiger partial charge in [0, 0.05) is 0 Å². The molecule has 0 saturated heterocycles. The number of amides is 1. The Morgan fingerprint density at radius 1 is 1.06 bits per heavy atom. The molecule has 0 radical (unpaired) electrons. The first kappa shape index (κ1) is 22.9. The van der Waals surface area contributed by atoms with Gasteiger partial charge in [-0.05, 0) is 68.1 Å². The van der Waals surface area contributed by atoms with Gasteiger partial charge in [-0.25, -0.2) is 8.42 Å². The number of hydrogen-bond acceptors (Lipinski definition) is 5. The summed E-state index contributed by atoms with van der Waals surface area (Å²) in [7, 11) is -3.68. The summed E-state index contributed by atoms with van der Waals surface area (Å²) in [5.41, 5.74) is 3.21. The molecule has 0 spiro atoms. The maximum Gasteiger partial charge on any atom is 0.244 e. The van der Waals surface area contributed by atoms with Gasteiger partial charge in [-0.1, -0.05) is 19.1 Å². The van der Waals surface area contributed by atoms with Gasteiger partial charge in [0.1, 0.15) is 19.3 Å². The molecule has 3 rings (SSSR count). The standard InChI is InChI=1S/C23H30N2O5S/c1-6-20(25(31(5,27)28)19-12-15(2)11-16(3)13-19)23(26)24-17(4)18-7-8-21-22(14-18)30-10-9-29-21/h7-8,11-14,17,20H,6,9-10H2,1-5H3,(H,24,26)/t17-,20-/m1/s1. The second kappa shape index (κ2) is 9.18. The fourth-order valence-electron chi connectivity index (χ4n) is 3.86. The Bertz CT molecular complexity index is 1050. The first-order chi connectivity index (χ1) is 14.6. The molecule has 1 N–H and O–H groups in total. The van der Waals surface area contributed by atoms with Crippen LogP contribution in [0.2, 0.25) is 0 Å². The summed E-state index contributed by atoms with van der Waals surface area (Å²) in [6.45, 7) is 8.46. The van der Waals surface area contributed by atoms with E-state index in [9.17, 15) is 13.2 Å². The van der Waals surface area contributed by atoms with Crippen LogP contribution in [0.15, 0.2) is 36.4 Å². The zero-order valence-corrected chi connectivity index (χ0v) is 19.5. The lowest BCUT2D eigenvalue weighted by Gasteiger charge is -2.31. The van der Waals surface area contributed by atoms with Crippen molar-refractivity contribution >= 4 is 21.6 Å². The van der Waals surface area contributed by atoms with Gasteiger partial charge >= 0.3 is 0 Å². The zero-order chi connectivity index (χ0) is 22.8. The maximum atomic E-state index is 13.2. The third-order valence-corrected chi connectivity index (χ3v) is 6.40. The SMILES string of the molecule is CC[C@H](C(=O)N[C@H](C)c1ccc2c(c1)OCCO2)N(c1cc(C)cc(C)c1)S(C)(=O)=O. The molecule has 1 aliphatic heterocycles. The van der Waals surface area contributed by atoms with Crippen LogP contribution in [0.5, 0.6) is 11.5 Å². The summed E-state index contributed by atoms with van der Waals surface area (Å²) in [4.78, 5) is 13.2. The van der Waals surface area contributed by atoms with Crippen molar-refractivity contribution in [2.24, 2.45) is 0 Å². The van der Waals surface area contributed by atoms with Gasteiger partial charge in [0.05, 0.1) is 18.0 Å². The van der Waals surface area contributed by atoms with Crippen molar-refractivity contribution in [3.63, 3.8) is 0 Å². The van der Waals surface area contributed by atoms with Gasteiger partial charge in [0.25, 0.3) is 0 Å². The van der Waals surface area contributed by atoms with Gasteiger partial charge in [0.2, 0.25) is 15.9 Å². The van der Waals surface area contributed by atoms with Gasteiger partial charge in [0.15, 0.2) is 11.5 Å². The number of fused-ring (bicyclic) bond motifs is 1. The second-order valence-corrected chi connectivity index (χ2v) is 9.82. The smallest absolute Gasteiger partial charge is 0.244 e. The van der Waals surface area contributed by atoms with Crippen molar-refractivity contribution < 1.29 is 22.7 Å². The Morgan fingerprint density at radius 3 is 2.26 bits per heavy atom. The summed E-state index contributed by atoms with van der Waals surface area (Å²) in [5, 5.41) is 2.96. The number of ether oxygens (including phenoxy) is 2. The highest BCUT2D eigenvalue weighted by atomic mass is 32.2. The normalized spacial score (nSPS) is 15.1. The average Bonchev–Trinajstić information content (AvgIpc) is 2.69. The van der Waals surface area contributed by atoms with Crippen molar-refractivity contribution in [1.82, 2.24) is 5.32 Å². The Kier molecular flexibility index (Phi) is 6.79. The molecule has 1 amide bonds. The zero-order valence-electron chi connectivity index (χ0n) is 18.6. The first-order valence-corrected chi connectivity index (χ1v) is 12.2. The Labute approximate surface area is 184 Å². The number of hydrogen-bond donors (Lipinski definition) is 1. The largest absolute Gasteiger partial charge is 0.486 e. The quantitative estimate of drug-likeness (QED) is 0.704. The van der Waals surface area contributed by atoms with Crippen LogP contribution in [0.3, 0.4) is 0 Å². The molecular formula is C23H30N2O5S. The first-order valence-electron chi connectivity index (χ1n) is 10.4. The predicted molar refractivity (Wildman–Crippen MR) is 121 cm³/mol. The lowest BCUT2D eigenvalue weighted by molar-refractivity contribution is -0.122. The van der Waals surface area contributed by atoms with Crippen LogP contribution in [-0.2, 0) is 14.8 Å². The number of aryl methyl sites for hydroxylation is 2. The maximum absolute atomic E-state index is 13.2. The number of carbonyl (C=O) groups is 1. The molecule has 0 saturated carbocycles. The Hall–Kier alpha value is -2.74. The third-order valence-electron chi connectivity index (χ3n) is 5.22. The van der Waals surface area contributed by atoms with E-state index >= 15 is 0 Å². The Morgan fingerprint density at radius 2 is 1.68 bits per heavy atom. The van der Waals surface area contributed by atoms with Crippen LogP contribution in [0.1, 0.15) is 43.0 Å². The van der Waals surface area contributed by atoms with Crippen molar-refractivity contribution in [3.05, 3.63) is 53.1 Å². The van der Waals surface area contributed by atoms with Crippen LogP contribution >= 0.6 is 0 Å². The van der Waals surface area contributed by atoms with Crippen LogP contribution in [0, 0.1) is 13.8 Å². The predicted octanol–water partition coefficient (Wildman–Crippen LogP) is 3.50. The number of nitrogens with one attached hydrogen (secondary N) is 1. The van der Waals surface area contributed by atoms with Crippen LogP contribution in [0.4, 0.5) is 5.69 Å². The molecule has 0 bridgehead atoms. The van der Waals surface area contributed by atoms with E-state index in [-0.39, 0.29) is 11.9 Å². The summed E-state index contributed by atoms with van der Waals surface area (Å²) >= 11 is 0. The number of benzene rings is 2. The van der Waals surface area contributed by atoms with Gasteiger partial charge in [-0.2, -0.15) is 0 Å². The van der Waals surface area contributed by atoms with E-state index in [4.69, 9.17) is 9.47 Å². The average molecular weight is 447 g/mol. The summed E-state index contributed by atoms with van der Waals surface area (Å²) < 4.78 is 37.8.